The number of nitrogens with one attached hydrogen (secondary N) is 1. The summed E-state index contributed by atoms with van der Waals surface area (Å²) in [5.41, 5.74) is 0.328. The fourth-order valence-electron chi connectivity index (χ4n) is 2.36. The van der Waals surface area contributed by atoms with E-state index in [2.05, 4.69) is 30.4 Å². The maximum atomic E-state index is 12.8. The predicted octanol–water partition coefficient (Wildman–Crippen LogP) is 3.92. The number of imidazole rings is 1. The van der Waals surface area contributed by atoms with Crippen molar-refractivity contribution in [3.63, 3.8) is 0 Å². The highest BCUT2D eigenvalue weighted by atomic mass is 79.9. The lowest BCUT2D eigenvalue weighted by Crippen LogP contribution is -2.17. The van der Waals surface area contributed by atoms with E-state index < -0.39 is 16.0 Å². The molecule has 0 saturated carbocycles. The summed E-state index contributed by atoms with van der Waals surface area (Å²) in [4.78, 5) is 17.0. The number of rotatable bonds is 6. The molecule has 1 heterocycles. The van der Waals surface area contributed by atoms with Crippen LogP contribution in [0.15, 0.2) is 74.3 Å². The van der Waals surface area contributed by atoms with E-state index in [9.17, 15) is 13.2 Å². The molecule has 0 bridgehead atoms. The largest absolute Gasteiger partial charge is 0.465 e. The molecule has 3 rings (SSSR count). The van der Waals surface area contributed by atoms with Crippen LogP contribution < -0.4 is 4.72 Å². The van der Waals surface area contributed by atoms with Crippen LogP contribution in [0.4, 0.5) is 5.69 Å². The van der Waals surface area contributed by atoms with Crippen LogP contribution in [0.25, 0.3) is 0 Å². The van der Waals surface area contributed by atoms with Crippen molar-refractivity contribution in [2.45, 2.75) is 14.9 Å². The summed E-state index contributed by atoms with van der Waals surface area (Å²) in [6.07, 6.45) is 3.56. The number of halogens is 1. The average Bonchev–Trinajstić information content (AvgIpc) is 3.06. The van der Waals surface area contributed by atoms with Crippen molar-refractivity contribution >= 4 is 49.4 Å². The van der Waals surface area contributed by atoms with Gasteiger partial charge in [-0.25, -0.2) is 18.2 Å². The van der Waals surface area contributed by atoms with Crippen molar-refractivity contribution in [3.05, 3.63) is 64.9 Å². The summed E-state index contributed by atoms with van der Waals surface area (Å²) in [5.74, 6) is -0.733. The van der Waals surface area contributed by atoms with Crippen LogP contribution in [0.2, 0.25) is 0 Å². The molecular formula is C18H16BrN3O4S2. The van der Waals surface area contributed by atoms with Gasteiger partial charge in [0.05, 0.1) is 12.7 Å². The van der Waals surface area contributed by atoms with Gasteiger partial charge in [0.1, 0.15) is 4.90 Å². The van der Waals surface area contributed by atoms with E-state index >= 15 is 0 Å². The topological polar surface area (TPSA) is 90.3 Å². The van der Waals surface area contributed by atoms with Crippen molar-refractivity contribution in [1.82, 2.24) is 9.55 Å². The Balaban J connectivity index is 1.83. The fraction of sp³-hybridized carbons (Fsp3) is 0.111. The highest BCUT2D eigenvalue weighted by molar-refractivity contribution is 9.10. The highest BCUT2D eigenvalue weighted by Crippen LogP contribution is 2.28. The molecule has 0 saturated heterocycles. The number of aryl methyl sites for hydroxylation is 1. The van der Waals surface area contributed by atoms with Crippen molar-refractivity contribution < 1.29 is 17.9 Å². The Morgan fingerprint density at radius 2 is 1.93 bits per heavy atom. The molecule has 0 unspecified atom stereocenters. The first-order chi connectivity index (χ1) is 13.3. The summed E-state index contributed by atoms with van der Waals surface area (Å²) in [6, 6.07) is 11.2. The number of benzene rings is 2. The van der Waals surface area contributed by atoms with E-state index in [1.165, 1.54) is 31.0 Å². The minimum absolute atomic E-state index is 0.0497. The van der Waals surface area contributed by atoms with Crippen LogP contribution in [0.3, 0.4) is 0 Å². The number of carbonyl (C=O) groups excluding carboxylic acids is 1. The molecule has 0 atom stereocenters. The summed E-state index contributed by atoms with van der Waals surface area (Å²) in [5, 5.41) is 0.825. The van der Waals surface area contributed by atoms with E-state index in [1.54, 1.807) is 36.5 Å². The first-order valence-electron chi connectivity index (χ1n) is 7.96. The van der Waals surface area contributed by atoms with Gasteiger partial charge < -0.3 is 9.30 Å². The monoisotopic (exact) mass is 481 g/mol. The molecule has 10 heteroatoms. The zero-order valence-corrected chi connectivity index (χ0v) is 18.1. The molecule has 146 valence electrons. The number of hydrogen-bond donors (Lipinski definition) is 1. The zero-order chi connectivity index (χ0) is 20.3. The minimum Gasteiger partial charge on any atom is -0.465 e. The molecule has 0 aliphatic rings. The van der Waals surface area contributed by atoms with Crippen molar-refractivity contribution in [2.75, 3.05) is 11.8 Å². The zero-order valence-electron chi connectivity index (χ0n) is 14.9. The molecule has 0 spiro atoms. The Bertz CT molecular complexity index is 1110. The van der Waals surface area contributed by atoms with Crippen LogP contribution in [-0.2, 0) is 21.8 Å². The predicted molar refractivity (Wildman–Crippen MR) is 110 cm³/mol. The Labute approximate surface area is 175 Å². The SMILES string of the molecule is COC(=O)c1cc(Br)ccc1S(=O)(=O)Nc1ccc(Sc2nccn2C)cc1. The van der Waals surface area contributed by atoms with Crippen LogP contribution in [-0.4, -0.2) is 31.0 Å². The number of sulfonamides is 1. The second-order valence-electron chi connectivity index (χ2n) is 5.68. The van der Waals surface area contributed by atoms with E-state index in [0.29, 0.717) is 10.2 Å². The molecule has 28 heavy (non-hydrogen) atoms. The number of ether oxygens (including phenoxy) is 1. The van der Waals surface area contributed by atoms with Gasteiger partial charge in [0.25, 0.3) is 10.0 Å². The maximum Gasteiger partial charge on any atom is 0.339 e. The second kappa shape index (κ2) is 8.38. The highest BCUT2D eigenvalue weighted by Gasteiger charge is 2.23. The van der Waals surface area contributed by atoms with Gasteiger partial charge in [0.15, 0.2) is 5.16 Å². The summed E-state index contributed by atoms with van der Waals surface area (Å²) >= 11 is 4.70. The summed E-state index contributed by atoms with van der Waals surface area (Å²) in [6.45, 7) is 0. The van der Waals surface area contributed by atoms with E-state index in [-0.39, 0.29) is 10.5 Å². The molecule has 0 amide bonds. The molecule has 1 N–H and O–H groups in total. The average molecular weight is 482 g/mol. The molecular weight excluding hydrogens is 466 g/mol. The van der Waals surface area contributed by atoms with Crippen molar-refractivity contribution in [1.29, 1.82) is 0 Å². The number of hydrogen-bond acceptors (Lipinski definition) is 6. The van der Waals surface area contributed by atoms with Gasteiger partial charge in [-0.2, -0.15) is 0 Å². The summed E-state index contributed by atoms with van der Waals surface area (Å²) in [7, 11) is -0.883. The number of aromatic nitrogens is 2. The lowest BCUT2D eigenvalue weighted by molar-refractivity contribution is 0.0596. The first kappa shape index (κ1) is 20.4. The molecule has 0 aliphatic heterocycles. The van der Waals surface area contributed by atoms with Crippen molar-refractivity contribution in [2.24, 2.45) is 7.05 Å². The van der Waals surface area contributed by atoms with Gasteiger partial charge in [0, 0.05) is 34.5 Å². The second-order valence-corrected chi connectivity index (χ2v) is 9.29. The Kier molecular flexibility index (Phi) is 6.11. The number of carbonyl (C=O) groups is 1. The first-order valence-corrected chi connectivity index (χ1v) is 11.1. The van der Waals surface area contributed by atoms with Gasteiger partial charge >= 0.3 is 5.97 Å². The van der Waals surface area contributed by atoms with Crippen molar-refractivity contribution in [3.8, 4) is 0 Å². The number of nitrogens with zero attached hydrogens (tertiary/aromatic N) is 2. The quantitative estimate of drug-likeness (QED) is 0.536. The normalized spacial score (nSPS) is 11.2. The third-order valence-corrected chi connectivity index (χ3v) is 6.75. The van der Waals surface area contributed by atoms with Gasteiger partial charge in [-0.1, -0.05) is 27.7 Å². The van der Waals surface area contributed by atoms with Crippen LogP contribution >= 0.6 is 27.7 Å². The maximum absolute atomic E-state index is 12.8. The standard InChI is InChI=1S/C18H16BrN3O4S2/c1-22-10-9-20-18(22)27-14-6-4-13(5-7-14)21-28(24,25)16-8-3-12(19)11-15(16)17(23)26-2/h3-11,21H,1-2H3. The Morgan fingerprint density at radius 3 is 2.54 bits per heavy atom. The van der Waals surface area contributed by atoms with Gasteiger partial charge in [-0.15, -0.1) is 0 Å². The fourth-order valence-corrected chi connectivity index (χ4v) is 4.76. The van der Waals surface area contributed by atoms with E-state index in [1.807, 2.05) is 17.8 Å². The third-order valence-electron chi connectivity index (χ3n) is 3.73. The molecule has 0 fully saturated rings. The summed E-state index contributed by atoms with van der Waals surface area (Å²) < 4.78 is 35.2. The smallest absolute Gasteiger partial charge is 0.339 e. The Morgan fingerprint density at radius 1 is 1.21 bits per heavy atom. The number of anilines is 1. The van der Waals surface area contributed by atoms with Crippen LogP contribution in [0, 0.1) is 0 Å². The van der Waals surface area contributed by atoms with E-state index in [4.69, 9.17) is 0 Å². The third kappa shape index (κ3) is 4.57. The number of esters is 1. The molecule has 1 aromatic heterocycles. The number of methoxy groups -OCH3 is 1. The van der Waals surface area contributed by atoms with Gasteiger partial charge in [-0.3, -0.25) is 4.72 Å². The molecule has 7 nitrogen and oxygen atoms in total. The molecule has 0 radical (unpaired) electrons. The van der Waals surface area contributed by atoms with E-state index in [0.717, 1.165) is 10.1 Å². The van der Waals surface area contributed by atoms with Crippen LogP contribution in [0.5, 0.6) is 0 Å². The molecule has 0 aliphatic carbocycles. The van der Waals surface area contributed by atoms with Gasteiger partial charge in [-0.05, 0) is 42.5 Å². The van der Waals surface area contributed by atoms with Gasteiger partial charge in [0.2, 0.25) is 0 Å². The Hall–Kier alpha value is -2.30. The lowest BCUT2D eigenvalue weighted by atomic mass is 10.2. The minimum atomic E-state index is -3.98. The molecule has 3 aromatic rings. The van der Waals surface area contributed by atoms with Crippen LogP contribution in [0.1, 0.15) is 10.4 Å². The molecule has 2 aromatic carbocycles. The lowest BCUT2D eigenvalue weighted by Gasteiger charge is -2.12.